The van der Waals surface area contributed by atoms with Crippen molar-refractivity contribution in [3.05, 3.63) is 11.1 Å². The molecular weight excluding hydrogens is 352 g/mol. The van der Waals surface area contributed by atoms with E-state index in [1.54, 1.807) is 11.3 Å². The van der Waals surface area contributed by atoms with Gasteiger partial charge in [-0.25, -0.2) is 4.98 Å². The van der Waals surface area contributed by atoms with Crippen molar-refractivity contribution in [1.29, 1.82) is 0 Å². The topological polar surface area (TPSA) is 59.1 Å². The normalized spacial score (nSPS) is 52.1. The van der Waals surface area contributed by atoms with Gasteiger partial charge < -0.3 is 10.8 Å². The number of hydrogen-bond acceptors (Lipinski definition) is 4. The number of nitrogens with zero attached hydrogens (tertiary/aromatic N) is 1. The van der Waals surface area contributed by atoms with Gasteiger partial charge in [-0.3, -0.25) is 0 Å². The van der Waals surface area contributed by atoms with Crippen LogP contribution in [0.4, 0.5) is 5.13 Å². The smallest absolute Gasteiger partial charge is 0.180 e. The first-order valence-corrected chi connectivity index (χ1v) is 12.0. The highest BCUT2D eigenvalue weighted by molar-refractivity contribution is 7.13. The fraction of sp³-hybridized carbons (Fsp3) is 0.870. The van der Waals surface area contributed by atoms with Crippen LogP contribution in [0.3, 0.4) is 0 Å². The third kappa shape index (κ3) is 2.65. The molecule has 27 heavy (non-hydrogen) atoms. The van der Waals surface area contributed by atoms with E-state index in [1.165, 1.54) is 50.6 Å². The summed E-state index contributed by atoms with van der Waals surface area (Å²) in [6, 6.07) is 0. The second-order valence-corrected chi connectivity index (χ2v) is 12.0. The summed E-state index contributed by atoms with van der Waals surface area (Å²) in [6.45, 7) is 7.22. The fourth-order valence-electron chi connectivity index (χ4n) is 8.38. The minimum Gasteiger partial charge on any atom is -0.390 e. The summed E-state index contributed by atoms with van der Waals surface area (Å²) in [4.78, 5) is 4.70. The molecule has 4 aliphatic rings. The summed E-state index contributed by atoms with van der Waals surface area (Å²) in [5.74, 6) is 3.93. The zero-order valence-electron chi connectivity index (χ0n) is 17.2. The van der Waals surface area contributed by atoms with Gasteiger partial charge in [0.15, 0.2) is 5.13 Å². The van der Waals surface area contributed by atoms with E-state index in [9.17, 15) is 5.11 Å². The van der Waals surface area contributed by atoms with Crippen molar-refractivity contribution in [3.63, 3.8) is 0 Å². The molecule has 0 unspecified atom stereocenters. The Morgan fingerprint density at radius 3 is 2.52 bits per heavy atom. The van der Waals surface area contributed by atoms with E-state index in [0.29, 0.717) is 16.7 Å². The molecule has 0 radical (unpaired) electrons. The number of nitrogens with two attached hydrogens (primary N) is 1. The molecule has 4 heteroatoms. The number of aliphatic hydroxyl groups is 1. The number of aromatic nitrogens is 1. The van der Waals surface area contributed by atoms with Crippen LogP contribution >= 0.6 is 11.3 Å². The van der Waals surface area contributed by atoms with Crippen LogP contribution < -0.4 is 5.73 Å². The molecule has 0 saturated heterocycles. The molecule has 3 nitrogen and oxygen atoms in total. The van der Waals surface area contributed by atoms with Gasteiger partial charge in [0.25, 0.3) is 0 Å². The maximum absolute atomic E-state index is 10.7. The molecule has 4 aliphatic carbocycles. The van der Waals surface area contributed by atoms with Crippen LogP contribution in [-0.4, -0.2) is 15.7 Å². The quantitative estimate of drug-likeness (QED) is 0.658. The molecule has 0 bridgehead atoms. The monoisotopic (exact) mass is 388 g/mol. The summed E-state index contributed by atoms with van der Waals surface area (Å²) >= 11 is 1.61. The Hall–Kier alpha value is -0.610. The second kappa shape index (κ2) is 5.95. The van der Waals surface area contributed by atoms with Crippen molar-refractivity contribution in [2.45, 2.75) is 90.1 Å². The lowest BCUT2D eigenvalue weighted by molar-refractivity contribution is -0.143. The lowest BCUT2D eigenvalue weighted by Gasteiger charge is -2.61. The molecule has 0 amide bonds. The Balaban J connectivity index is 1.42. The molecule has 150 valence electrons. The standard InChI is InChI=1S/C23H36N2OS/c1-21(26)10-11-22(2)14(12-21)4-5-15-16-6-7-18(19-13-27-20(24)25-19)23(16,3)9-8-17(15)22/h13-18,26H,4-12H2,1-3H3,(H2,24,25)/t14-,15-,16-,17-,18+,21+,22-,23-/m0/s1. The first kappa shape index (κ1) is 18.4. The minimum absolute atomic E-state index is 0.408. The Morgan fingerprint density at radius 1 is 1.00 bits per heavy atom. The maximum atomic E-state index is 10.7. The van der Waals surface area contributed by atoms with Crippen molar-refractivity contribution in [1.82, 2.24) is 4.98 Å². The molecule has 1 aromatic rings. The van der Waals surface area contributed by atoms with Crippen molar-refractivity contribution in [3.8, 4) is 0 Å². The summed E-state index contributed by atoms with van der Waals surface area (Å²) in [5.41, 5.74) is 7.67. The Bertz CT molecular complexity index is 730. The van der Waals surface area contributed by atoms with E-state index in [-0.39, 0.29) is 0 Å². The molecule has 1 heterocycles. The lowest BCUT2D eigenvalue weighted by atomic mass is 9.44. The fourth-order valence-corrected chi connectivity index (χ4v) is 8.99. The molecule has 1 aromatic heterocycles. The Labute approximate surface area is 168 Å². The predicted octanol–water partition coefficient (Wildman–Crippen LogP) is 5.60. The highest BCUT2D eigenvalue weighted by Crippen LogP contribution is 2.69. The van der Waals surface area contributed by atoms with Crippen molar-refractivity contribution >= 4 is 16.5 Å². The summed E-state index contributed by atoms with van der Waals surface area (Å²) in [6.07, 6.45) is 11.3. The van der Waals surface area contributed by atoms with E-state index in [4.69, 9.17) is 10.7 Å². The van der Waals surface area contributed by atoms with E-state index in [2.05, 4.69) is 26.2 Å². The van der Waals surface area contributed by atoms with Crippen LogP contribution in [0.1, 0.15) is 90.2 Å². The first-order valence-electron chi connectivity index (χ1n) is 11.2. The predicted molar refractivity (Wildman–Crippen MR) is 112 cm³/mol. The lowest BCUT2D eigenvalue weighted by Crippen LogP contribution is -2.55. The Morgan fingerprint density at radius 2 is 1.78 bits per heavy atom. The molecular formula is C23H36N2OS. The number of fused-ring (bicyclic) bond motifs is 5. The number of nitrogen functional groups attached to an aromatic ring is 1. The number of rotatable bonds is 1. The SMILES string of the molecule is C[C@@]1(O)CC[C@@]2(C)[C@@H](CC[C@@H]3[C@@H]2CC[C@]2(C)[C@@H](c4csc(N)n4)CC[C@@H]32)C1. The van der Waals surface area contributed by atoms with Crippen molar-refractivity contribution in [2.75, 3.05) is 5.73 Å². The number of anilines is 1. The van der Waals surface area contributed by atoms with Crippen LogP contribution in [0.25, 0.3) is 0 Å². The average molecular weight is 389 g/mol. The van der Waals surface area contributed by atoms with Crippen LogP contribution in [0.2, 0.25) is 0 Å². The number of thiazole rings is 1. The van der Waals surface area contributed by atoms with Crippen LogP contribution in [0.15, 0.2) is 5.38 Å². The molecule has 0 aromatic carbocycles. The summed E-state index contributed by atoms with van der Waals surface area (Å²) in [5, 5.41) is 13.6. The van der Waals surface area contributed by atoms with E-state index >= 15 is 0 Å². The van der Waals surface area contributed by atoms with Gasteiger partial charge in [0.05, 0.1) is 11.3 Å². The first-order chi connectivity index (χ1) is 12.7. The second-order valence-electron chi connectivity index (χ2n) is 11.1. The molecule has 0 spiro atoms. The van der Waals surface area contributed by atoms with Gasteiger partial charge in [0, 0.05) is 11.3 Å². The van der Waals surface area contributed by atoms with Gasteiger partial charge in [0.1, 0.15) is 0 Å². The average Bonchev–Trinajstić information content (AvgIpc) is 3.18. The third-order valence-electron chi connectivity index (χ3n) is 9.85. The van der Waals surface area contributed by atoms with Crippen LogP contribution in [0.5, 0.6) is 0 Å². The largest absolute Gasteiger partial charge is 0.390 e. The zero-order valence-corrected chi connectivity index (χ0v) is 18.0. The van der Waals surface area contributed by atoms with Gasteiger partial charge in [-0.1, -0.05) is 13.8 Å². The molecule has 4 fully saturated rings. The molecule has 8 atom stereocenters. The zero-order chi connectivity index (χ0) is 19.0. The highest BCUT2D eigenvalue weighted by atomic mass is 32.1. The van der Waals surface area contributed by atoms with Crippen LogP contribution in [0, 0.1) is 34.5 Å². The van der Waals surface area contributed by atoms with Crippen molar-refractivity contribution < 1.29 is 5.11 Å². The van der Waals surface area contributed by atoms with Gasteiger partial charge in [-0.2, -0.15) is 0 Å². The van der Waals surface area contributed by atoms with Gasteiger partial charge in [-0.15, -0.1) is 11.3 Å². The maximum Gasteiger partial charge on any atom is 0.180 e. The molecule has 0 aliphatic heterocycles. The summed E-state index contributed by atoms with van der Waals surface area (Å²) in [7, 11) is 0. The van der Waals surface area contributed by atoms with Gasteiger partial charge in [0.2, 0.25) is 0 Å². The van der Waals surface area contributed by atoms with E-state index < -0.39 is 5.60 Å². The van der Waals surface area contributed by atoms with Gasteiger partial charge in [-0.05, 0) is 99.2 Å². The van der Waals surface area contributed by atoms with Crippen molar-refractivity contribution in [2.24, 2.45) is 34.5 Å². The highest BCUT2D eigenvalue weighted by Gasteiger charge is 2.61. The Kier molecular flexibility index (Phi) is 4.06. The molecule has 4 saturated carbocycles. The molecule has 3 N–H and O–H groups in total. The summed E-state index contributed by atoms with van der Waals surface area (Å²) < 4.78 is 0. The van der Waals surface area contributed by atoms with Crippen LogP contribution in [-0.2, 0) is 0 Å². The minimum atomic E-state index is -0.427. The van der Waals surface area contributed by atoms with E-state index in [1.807, 2.05) is 0 Å². The third-order valence-corrected chi connectivity index (χ3v) is 10.5. The van der Waals surface area contributed by atoms with E-state index in [0.717, 1.165) is 41.6 Å². The molecule has 5 rings (SSSR count). The number of hydrogen-bond donors (Lipinski definition) is 2. The van der Waals surface area contributed by atoms with Gasteiger partial charge >= 0.3 is 0 Å².